The molecule has 6 heteroatoms. The van der Waals surface area contributed by atoms with Crippen molar-refractivity contribution in [3.63, 3.8) is 0 Å². The summed E-state index contributed by atoms with van der Waals surface area (Å²) >= 11 is 0. The number of methoxy groups -OCH3 is 1. The number of esters is 1. The van der Waals surface area contributed by atoms with Crippen LogP contribution in [0.2, 0.25) is 0 Å². The lowest BCUT2D eigenvalue weighted by atomic mass is 10.0. The molecule has 1 aliphatic rings. The third kappa shape index (κ3) is 3.57. The highest BCUT2D eigenvalue weighted by Crippen LogP contribution is 2.26. The number of nitrogens with zero attached hydrogens (tertiary/aromatic N) is 1. The van der Waals surface area contributed by atoms with Crippen LogP contribution in [0.1, 0.15) is 25.5 Å². The molecule has 0 amide bonds. The summed E-state index contributed by atoms with van der Waals surface area (Å²) in [5, 5.41) is 0. The minimum Gasteiger partial charge on any atom is -0.467 e. The van der Waals surface area contributed by atoms with Gasteiger partial charge in [-0.05, 0) is 31.5 Å². The number of carbonyl (C=O) groups is 1. The molecule has 0 saturated carbocycles. The predicted octanol–water partition coefficient (Wildman–Crippen LogP) is 2.29. The van der Waals surface area contributed by atoms with Crippen LogP contribution < -0.4 is 0 Å². The third-order valence-corrected chi connectivity index (χ3v) is 3.73. The van der Waals surface area contributed by atoms with E-state index in [1.165, 1.54) is 13.2 Å². The van der Waals surface area contributed by atoms with Gasteiger partial charge < -0.3 is 9.47 Å². The Labute approximate surface area is 122 Å². The average molecular weight is 299 g/mol. The van der Waals surface area contributed by atoms with Crippen molar-refractivity contribution < 1.29 is 23.0 Å². The van der Waals surface area contributed by atoms with Crippen LogP contribution in [0.3, 0.4) is 0 Å². The van der Waals surface area contributed by atoms with Gasteiger partial charge in [0.05, 0.1) is 13.2 Å². The van der Waals surface area contributed by atoms with Crippen molar-refractivity contribution in [3.8, 4) is 0 Å². The van der Waals surface area contributed by atoms with Crippen molar-refractivity contribution in [2.45, 2.75) is 32.1 Å². The van der Waals surface area contributed by atoms with Crippen LogP contribution in [0.4, 0.5) is 8.78 Å². The summed E-state index contributed by atoms with van der Waals surface area (Å²) in [6.45, 7) is 4.71. The topological polar surface area (TPSA) is 38.8 Å². The van der Waals surface area contributed by atoms with Gasteiger partial charge >= 0.3 is 5.97 Å². The Morgan fingerprint density at radius 2 is 2.10 bits per heavy atom. The molecule has 1 heterocycles. The summed E-state index contributed by atoms with van der Waals surface area (Å²) in [4.78, 5) is 13.6. The van der Waals surface area contributed by atoms with Gasteiger partial charge in [-0.1, -0.05) is 6.07 Å². The first-order valence-electron chi connectivity index (χ1n) is 6.84. The van der Waals surface area contributed by atoms with Crippen LogP contribution in [0.5, 0.6) is 0 Å². The van der Waals surface area contributed by atoms with Gasteiger partial charge in [0, 0.05) is 19.1 Å². The molecule has 0 unspecified atom stereocenters. The zero-order chi connectivity index (χ0) is 15.6. The number of morpholine rings is 1. The Balaban J connectivity index is 2.15. The number of rotatable bonds is 3. The highest BCUT2D eigenvalue weighted by molar-refractivity contribution is 5.75. The molecule has 0 aliphatic carbocycles. The highest BCUT2D eigenvalue weighted by Gasteiger charge is 2.33. The van der Waals surface area contributed by atoms with E-state index in [0.29, 0.717) is 18.7 Å². The van der Waals surface area contributed by atoms with E-state index in [0.717, 1.165) is 6.07 Å². The van der Waals surface area contributed by atoms with Gasteiger partial charge in [0.2, 0.25) is 0 Å². The van der Waals surface area contributed by atoms with Gasteiger partial charge in [0.15, 0.2) is 17.7 Å². The van der Waals surface area contributed by atoms with Crippen molar-refractivity contribution in [3.05, 3.63) is 35.4 Å². The van der Waals surface area contributed by atoms with E-state index in [9.17, 15) is 13.6 Å². The molecular formula is C15H19F2NO3. The van der Waals surface area contributed by atoms with Crippen LogP contribution in [0.15, 0.2) is 18.2 Å². The lowest BCUT2D eigenvalue weighted by Crippen LogP contribution is -2.50. The Morgan fingerprint density at radius 3 is 2.71 bits per heavy atom. The van der Waals surface area contributed by atoms with Gasteiger partial charge in [-0.2, -0.15) is 0 Å². The minimum atomic E-state index is -0.870. The second kappa shape index (κ2) is 6.49. The summed E-state index contributed by atoms with van der Waals surface area (Å²) in [7, 11) is 1.31. The molecule has 116 valence electrons. The quantitative estimate of drug-likeness (QED) is 0.803. The fraction of sp³-hybridized carbons (Fsp3) is 0.533. The molecule has 0 radical (unpaired) electrons. The van der Waals surface area contributed by atoms with Crippen LogP contribution in [-0.2, 0) is 14.3 Å². The maximum atomic E-state index is 13.4. The normalized spacial score (nSPS) is 24.6. The summed E-state index contributed by atoms with van der Waals surface area (Å²) in [6.07, 6.45) is -0.804. The summed E-state index contributed by atoms with van der Waals surface area (Å²) < 4.78 is 36.6. The summed E-state index contributed by atoms with van der Waals surface area (Å²) in [5.74, 6) is -2.16. The molecule has 2 rings (SSSR count). The number of hydrogen-bond donors (Lipinski definition) is 0. The largest absolute Gasteiger partial charge is 0.467 e. The SMILES string of the molecule is COC(=O)[C@@H]1CN([C@H](C)c2ccc(F)c(F)c2)C[C@@H](C)O1. The van der Waals surface area contributed by atoms with E-state index in [4.69, 9.17) is 9.47 Å². The molecule has 1 fully saturated rings. The second-order valence-corrected chi connectivity index (χ2v) is 5.26. The molecule has 0 spiro atoms. The Hall–Kier alpha value is -1.53. The first-order valence-corrected chi connectivity index (χ1v) is 6.84. The zero-order valence-corrected chi connectivity index (χ0v) is 12.3. The van der Waals surface area contributed by atoms with Crippen molar-refractivity contribution in [2.75, 3.05) is 20.2 Å². The number of carbonyl (C=O) groups excluding carboxylic acids is 1. The molecule has 0 aromatic heterocycles. The average Bonchev–Trinajstić information content (AvgIpc) is 2.47. The van der Waals surface area contributed by atoms with Gasteiger partial charge in [-0.15, -0.1) is 0 Å². The molecule has 3 atom stereocenters. The number of ether oxygens (including phenoxy) is 2. The van der Waals surface area contributed by atoms with Gasteiger partial charge in [-0.3, -0.25) is 4.90 Å². The smallest absolute Gasteiger partial charge is 0.336 e. The van der Waals surface area contributed by atoms with E-state index in [2.05, 4.69) is 0 Å². The Morgan fingerprint density at radius 1 is 1.38 bits per heavy atom. The minimum absolute atomic E-state index is 0.143. The molecule has 1 aromatic rings. The lowest BCUT2D eigenvalue weighted by Gasteiger charge is -2.39. The first-order chi connectivity index (χ1) is 9.92. The molecule has 4 nitrogen and oxygen atoms in total. The maximum absolute atomic E-state index is 13.4. The lowest BCUT2D eigenvalue weighted by molar-refractivity contribution is -0.167. The van der Waals surface area contributed by atoms with Crippen molar-refractivity contribution in [1.82, 2.24) is 4.90 Å². The maximum Gasteiger partial charge on any atom is 0.336 e. The van der Waals surface area contributed by atoms with Crippen molar-refractivity contribution >= 4 is 5.97 Å². The highest BCUT2D eigenvalue weighted by atomic mass is 19.2. The molecule has 1 aliphatic heterocycles. The molecule has 0 bridgehead atoms. The second-order valence-electron chi connectivity index (χ2n) is 5.26. The fourth-order valence-corrected chi connectivity index (χ4v) is 2.55. The Bertz CT molecular complexity index is 524. The predicted molar refractivity (Wildman–Crippen MR) is 72.7 cm³/mol. The zero-order valence-electron chi connectivity index (χ0n) is 12.3. The number of hydrogen-bond acceptors (Lipinski definition) is 4. The number of halogens is 2. The van der Waals surface area contributed by atoms with E-state index >= 15 is 0 Å². The van der Waals surface area contributed by atoms with Crippen LogP contribution in [-0.4, -0.2) is 43.3 Å². The summed E-state index contributed by atoms with van der Waals surface area (Å²) in [5.41, 5.74) is 0.659. The molecule has 1 saturated heterocycles. The van der Waals surface area contributed by atoms with Gasteiger partial charge in [0.1, 0.15) is 0 Å². The van der Waals surface area contributed by atoms with Gasteiger partial charge in [-0.25, -0.2) is 13.6 Å². The van der Waals surface area contributed by atoms with E-state index in [-0.39, 0.29) is 12.1 Å². The monoisotopic (exact) mass is 299 g/mol. The van der Waals surface area contributed by atoms with Crippen LogP contribution in [0.25, 0.3) is 0 Å². The molecule has 0 N–H and O–H groups in total. The standard InChI is InChI=1S/C15H19F2NO3/c1-9-7-18(8-14(21-9)15(19)20-3)10(2)11-4-5-12(16)13(17)6-11/h4-6,9-10,14H,7-8H2,1-3H3/t9-,10-,14+/m1/s1. The molecule has 21 heavy (non-hydrogen) atoms. The van der Waals surface area contributed by atoms with Gasteiger partial charge in [0.25, 0.3) is 0 Å². The molecular weight excluding hydrogens is 280 g/mol. The van der Waals surface area contributed by atoms with E-state index in [1.54, 1.807) is 6.07 Å². The van der Waals surface area contributed by atoms with Crippen molar-refractivity contribution in [2.24, 2.45) is 0 Å². The Kier molecular flexibility index (Phi) is 4.90. The third-order valence-electron chi connectivity index (χ3n) is 3.73. The van der Waals surface area contributed by atoms with E-state index < -0.39 is 23.7 Å². The summed E-state index contributed by atoms with van der Waals surface area (Å²) in [6, 6.07) is 3.70. The number of benzene rings is 1. The fourth-order valence-electron chi connectivity index (χ4n) is 2.55. The molecule has 1 aromatic carbocycles. The van der Waals surface area contributed by atoms with Crippen LogP contribution >= 0.6 is 0 Å². The van der Waals surface area contributed by atoms with Crippen molar-refractivity contribution in [1.29, 1.82) is 0 Å². The first kappa shape index (κ1) is 15.9. The van der Waals surface area contributed by atoms with Crippen LogP contribution in [0, 0.1) is 11.6 Å². The van der Waals surface area contributed by atoms with E-state index in [1.807, 2.05) is 18.7 Å².